The van der Waals surface area contributed by atoms with E-state index in [1.165, 1.54) is 0 Å². The average molecular weight is 429 g/mol. The zero-order valence-corrected chi connectivity index (χ0v) is 17.8. The molecule has 0 aliphatic carbocycles. The van der Waals surface area contributed by atoms with Gasteiger partial charge in [-0.3, -0.25) is 4.79 Å². The Hall–Kier alpha value is -4.13. The predicted octanol–water partition coefficient (Wildman–Crippen LogP) is 4.67. The van der Waals surface area contributed by atoms with Gasteiger partial charge in [-0.05, 0) is 48.9 Å². The van der Waals surface area contributed by atoms with Gasteiger partial charge in [0.05, 0.1) is 18.7 Å². The van der Waals surface area contributed by atoms with Crippen LogP contribution >= 0.6 is 0 Å². The van der Waals surface area contributed by atoms with E-state index in [1.807, 2.05) is 79.7 Å². The molecule has 1 heterocycles. The van der Waals surface area contributed by atoms with Gasteiger partial charge in [-0.15, -0.1) is 0 Å². The second-order valence-electron chi connectivity index (χ2n) is 7.14. The molecule has 0 saturated carbocycles. The van der Waals surface area contributed by atoms with Gasteiger partial charge in [0.1, 0.15) is 11.5 Å². The Kier molecular flexibility index (Phi) is 6.46. The monoisotopic (exact) mass is 429 g/mol. The predicted molar refractivity (Wildman–Crippen MR) is 120 cm³/mol. The fourth-order valence-corrected chi connectivity index (χ4v) is 3.21. The molecule has 0 fully saturated rings. The number of nitrogens with zero attached hydrogens (tertiary/aromatic N) is 2. The van der Waals surface area contributed by atoms with E-state index in [2.05, 4.69) is 15.5 Å². The first-order chi connectivity index (χ1) is 15.6. The zero-order chi connectivity index (χ0) is 22.3. The van der Waals surface area contributed by atoms with E-state index < -0.39 is 0 Å². The third-order valence-electron chi connectivity index (χ3n) is 4.93. The molecule has 0 bridgehead atoms. The lowest BCUT2D eigenvalue weighted by Gasteiger charge is -2.15. The highest BCUT2D eigenvalue weighted by atomic mass is 16.5. The average Bonchev–Trinajstić information content (AvgIpc) is 3.33. The number of carbonyl (C=O) groups is 1. The van der Waals surface area contributed by atoms with Crippen molar-refractivity contribution in [1.82, 2.24) is 15.5 Å². The zero-order valence-electron chi connectivity index (χ0n) is 17.8. The molecule has 32 heavy (non-hydrogen) atoms. The number of carbonyl (C=O) groups excluding carboxylic acids is 1. The third-order valence-corrected chi connectivity index (χ3v) is 4.93. The minimum atomic E-state index is -0.222. The molecule has 0 unspecified atom stereocenters. The van der Waals surface area contributed by atoms with Crippen LogP contribution in [-0.2, 0) is 4.79 Å². The van der Waals surface area contributed by atoms with Gasteiger partial charge in [0.2, 0.25) is 5.82 Å². The Labute approximate surface area is 186 Å². The maximum Gasteiger partial charge on any atom is 0.262 e. The summed E-state index contributed by atoms with van der Waals surface area (Å²) < 4.78 is 16.4. The van der Waals surface area contributed by atoms with Gasteiger partial charge in [0.25, 0.3) is 11.8 Å². The van der Waals surface area contributed by atoms with E-state index in [4.69, 9.17) is 14.0 Å². The van der Waals surface area contributed by atoms with E-state index in [0.717, 1.165) is 16.9 Å². The van der Waals surface area contributed by atoms with Crippen LogP contribution in [0.25, 0.3) is 22.8 Å². The first kappa shape index (κ1) is 21.1. The highest BCUT2D eigenvalue weighted by molar-refractivity contribution is 5.78. The summed E-state index contributed by atoms with van der Waals surface area (Å²) in [5.41, 5.74) is 2.44. The molecular formula is C25H23N3O4. The topological polar surface area (TPSA) is 86.5 Å². The minimum Gasteiger partial charge on any atom is -0.497 e. The summed E-state index contributed by atoms with van der Waals surface area (Å²) in [5.74, 6) is 1.77. The van der Waals surface area contributed by atoms with Crippen LogP contribution in [0.4, 0.5) is 0 Å². The van der Waals surface area contributed by atoms with Gasteiger partial charge >= 0.3 is 0 Å². The van der Waals surface area contributed by atoms with Crippen LogP contribution < -0.4 is 14.8 Å². The number of hydrogen-bond acceptors (Lipinski definition) is 6. The van der Waals surface area contributed by atoms with Crippen LogP contribution in [0.3, 0.4) is 0 Å². The Balaban J connectivity index is 1.44. The number of rotatable bonds is 8. The smallest absolute Gasteiger partial charge is 0.262 e. The maximum atomic E-state index is 12.4. The number of hydrogen-bond donors (Lipinski definition) is 1. The number of para-hydroxylation sites is 1. The van der Waals surface area contributed by atoms with Crippen molar-refractivity contribution in [3.8, 4) is 34.3 Å². The van der Waals surface area contributed by atoms with Crippen molar-refractivity contribution in [2.45, 2.75) is 13.0 Å². The molecule has 0 radical (unpaired) electrons. The second-order valence-corrected chi connectivity index (χ2v) is 7.14. The highest BCUT2D eigenvalue weighted by Gasteiger charge is 2.16. The van der Waals surface area contributed by atoms with Gasteiger partial charge in [-0.25, -0.2) is 0 Å². The van der Waals surface area contributed by atoms with Gasteiger partial charge in [-0.1, -0.05) is 47.6 Å². The lowest BCUT2D eigenvalue weighted by molar-refractivity contribution is -0.123. The van der Waals surface area contributed by atoms with Crippen LogP contribution in [0.1, 0.15) is 18.5 Å². The van der Waals surface area contributed by atoms with E-state index in [0.29, 0.717) is 23.0 Å². The minimum absolute atomic E-state index is 0.120. The van der Waals surface area contributed by atoms with Crippen molar-refractivity contribution in [3.05, 3.63) is 84.4 Å². The van der Waals surface area contributed by atoms with Crippen LogP contribution in [0.5, 0.6) is 11.5 Å². The van der Waals surface area contributed by atoms with E-state index in [9.17, 15) is 4.79 Å². The first-order valence-corrected chi connectivity index (χ1v) is 10.2. The number of ether oxygens (including phenoxy) is 2. The van der Waals surface area contributed by atoms with Crippen molar-refractivity contribution >= 4 is 5.91 Å². The molecular weight excluding hydrogens is 406 g/mol. The molecule has 0 saturated heterocycles. The summed E-state index contributed by atoms with van der Waals surface area (Å²) >= 11 is 0. The van der Waals surface area contributed by atoms with Crippen molar-refractivity contribution in [2.75, 3.05) is 13.7 Å². The maximum absolute atomic E-state index is 12.4. The number of nitrogens with one attached hydrogen (secondary N) is 1. The van der Waals surface area contributed by atoms with E-state index in [1.54, 1.807) is 13.2 Å². The number of benzene rings is 3. The van der Waals surface area contributed by atoms with Crippen molar-refractivity contribution < 1.29 is 18.8 Å². The fourth-order valence-electron chi connectivity index (χ4n) is 3.21. The molecule has 0 aliphatic heterocycles. The van der Waals surface area contributed by atoms with Crippen LogP contribution in [-0.4, -0.2) is 29.8 Å². The largest absolute Gasteiger partial charge is 0.497 e. The molecule has 4 rings (SSSR count). The Morgan fingerprint density at radius 2 is 1.72 bits per heavy atom. The SMILES string of the molecule is COc1ccc(-c2noc(-c3ccccc3OCC(=O)N[C@H](C)c3ccccc3)n2)cc1. The van der Waals surface area contributed by atoms with Gasteiger partial charge in [-0.2, -0.15) is 4.98 Å². The lowest BCUT2D eigenvalue weighted by atomic mass is 10.1. The molecule has 7 heteroatoms. The van der Waals surface area contributed by atoms with Crippen molar-refractivity contribution in [1.29, 1.82) is 0 Å². The molecule has 3 aromatic carbocycles. The Morgan fingerprint density at radius 3 is 2.47 bits per heavy atom. The summed E-state index contributed by atoms with van der Waals surface area (Å²) in [7, 11) is 1.61. The summed E-state index contributed by atoms with van der Waals surface area (Å²) in [6.45, 7) is 1.80. The molecule has 1 N–H and O–H groups in total. The van der Waals surface area contributed by atoms with Gasteiger partial charge in [0.15, 0.2) is 6.61 Å². The number of amides is 1. The quantitative estimate of drug-likeness (QED) is 0.438. The molecule has 4 aromatic rings. The first-order valence-electron chi connectivity index (χ1n) is 10.2. The van der Waals surface area contributed by atoms with Crippen molar-refractivity contribution in [3.63, 3.8) is 0 Å². The fraction of sp³-hybridized carbons (Fsp3) is 0.160. The van der Waals surface area contributed by atoms with Gasteiger partial charge < -0.3 is 19.3 Å². The normalized spacial score (nSPS) is 11.6. The van der Waals surface area contributed by atoms with Crippen LogP contribution in [0.2, 0.25) is 0 Å². The number of aromatic nitrogens is 2. The molecule has 7 nitrogen and oxygen atoms in total. The summed E-state index contributed by atoms with van der Waals surface area (Å²) in [4.78, 5) is 16.9. The molecule has 1 atom stereocenters. The molecule has 1 aromatic heterocycles. The molecule has 0 aliphatic rings. The van der Waals surface area contributed by atoms with Crippen molar-refractivity contribution in [2.24, 2.45) is 0 Å². The van der Waals surface area contributed by atoms with Crippen LogP contribution in [0, 0.1) is 0 Å². The second kappa shape index (κ2) is 9.78. The van der Waals surface area contributed by atoms with E-state index in [-0.39, 0.29) is 18.6 Å². The number of methoxy groups -OCH3 is 1. The summed E-state index contributed by atoms with van der Waals surface area (Å²) in [6, 6.07) is 24.3. The third kappa shape index (κ3) is 4.95. The van der Waals surface area contributed by atoms with Crippen LogP contribution in [0.15, 0.2) is 83.4 Å². The Morgan fingerprint density at radius 1 is 1.00 bits per heavy atom. The molecule has 0 spiro atoms. The molecule has 162 valence electrons. The Bertz CT molecular complexity index is 1170. The highest BCUT2D eigenvalue weighted by Crippen LogP contribution is 2.30. The van der Waals surface area contributed by atoms with Gasteiger partial charge in [0, 0.05) is 5.56 Å². The standard InChI is InChI=1S/C25H23N3O4/c1-17(18-8-4-3-5-9-18)26-23(29)16-31-22-11-7-6-10-21(22)25-27-24(28-32-25)19-12-14-20(30-2)15-13-19/h3-15,17H,16H2,1-2H3,(H,26,29)/t17-/m1/s1. The lowest BCUT2D eigenvalue weighted by Crippen LogP contribution is -2.31. The summed E-state index contributed by atoms with van der Waals surface area (Å²) in [6.07, 6.45) is 0. The molecule has 1 amide bonds. The summed E-state index contributed by atoms with van der Waals surface area (Å²) in [5, 5.41) is 7.00. The van der Waals surface area contributed by atoms with E-state index >= 15 is 0 Å².